The van der Waals surface area contributed by atoms with Crippen LogP contribution in [-0.2, 0) is 29.5 Å². The van der Waals surface area contributed by atoms with Crippen molar-refractivity contribution in [3.63, 3.8) is 0 Å². The first kappa shape index (κ1) is 25.9. The monoisotopic (exact) mass is 488 g/mol. The summed E-state index contributed by atoms with van der Waals surface area (Å²) in [5, 5.41) is 40.5. The topological polar surface area (TPSA) is 249 Å². The van der Waals surface area contributed by atoms with Crippen molar-refractivity contribution in [3.05, 3.63) is 23.0 Å². The first-order chi connectivity index (χ1) is 14.2. The predicted octanol–water partition coefficient (Wildman–Crippen LogP) is -1.96. The van der Waals surface area contributed by atoms with Crippen molar-refractivity contribution in [2.24, 2.45) is 4.99 Å². The van der Waals surface area contributed by atoms with Crippen molar-refractivity contribution in [3.8, 4) is 5.75 Å². The Morgan fingerprint density at radius 2 is 1.74 bits per heavy atom. The number of aromatic hydroxyl groups is 1. The molecule has 0 saturated carbocycles. The maximum Gasteiger partial charge on any atom is 0.469 e. The maximum absolute atomic E-state index is 10.9. The molecule has 31 heavy (non-hydrogen) atoms. The van der Waals surface area contributed by atoms with Crippen LogP contribution in [0.5, 0.6) is 5.75 Å². The molecule has 2 rings (SSSR count). The summed E-state index contributed by atoms with van der Waals surface area (Å²) in [6, 6.07) is -1.49. The number of hydrogen-bond donors (Lipinski definition) is 8. The fraction of sp³-hybridized carbons (Fsp3) is 0.571. The molecule has 8 N–H and O–H groups in total. The number of rotatable bonds is 8. The van der Waals surface area contributed by atoms with Gasteiger partial charge in [0.05, 0.1) is 18.9 Å². The summed E-state index contributed by atoms with van der Waals surface area (Å²) in [5.74, 6) is -0.423. The van der Waals surface area contributed by atoms with Gasteiger partial charge in [-0.15, -0.1) is 0 Å². The van der Waals surface area contributed by atoms with Gasteiger partial charge in [0, 0.05) is 23.5 Å². The highest BCUT2D eigenvalue weighted by atomic mass is 31.2. The lowest BCUT2D eigenvalue weighted by Gasteiger charge is -2.38. The molecule has 1 saturated heterocycles. The summed E-state index contributed by atoms with van der Waals surface area (Å²) >= 11 is 0. The van der Waals surface area contributed by atoms with Gasteiger partial charge in [0.25, 0.3) is 0 Å². The number of nitrogens with zero attached hydrogens (tertiary/aromatic N) is 2. The van der Waals surface area contributed by atoms with Gasteiger partial charge < -0.3 is 44.7 Å². The molecule has 0 aliphatic carbocycles. The van der Waals surface area contributed by atoms with Gasteiger partial charge in [0.2, 0.25) is 0 Å². The number of aliphatic hydroxyl groups excluding tert-OH is 3. The van der Waals surface area contributed by atoms with Crippen molar-refractivity contribution in [2.75, 3.05) is 6.61 Å². The van der Waals surface area contributed by atoms with Crippen LogP contribution in [0.3, 0.4) is 0 Å². The summed E-state index contributed by atoms with van der Waals surface area (Å²) in [7, 11) is -9.75. The van der Waals surface area contributed by atoms with Crippen LogP contribution in [-0.4, -0.2) is 88.4 Å². The Labute approximate surface area is 175 Å². The number of aliphatic imine (C=N–C) groups is 1. The minimum absolute atomic E-state index is 0.00754. The molecule has 0 aromatic carbocycles. The standard InChI is InChI=1S/C14H22N2O13P2/c1-6-11(17)8(7(2-15-6)4-27-30(21,22)23)3-16-10-12(18)9(5-28-31(24,25)26)29-14(20)13(10)19/h2-3,9-10,12-14,17-20H,4-5H2,1H3,(H2,21,22,23)(H2,24,25,26). The molecule has 0 radical (unpaired) electrons. The SMILES string of the molecule is Cc1ncc(COP(=O)(O)O)c(C=NC2C(O)C(O)OC(COP(=O)(O)O)C2O)c1O. The van der Waals surface area contributed by atoms with Gasteiger partial charge >= 0.3 is 15.6 Å². The first-order valence-corrected chi connectivity index (χ1v) is 11.6. The van der Waals surface area contributed by atoms with E-state index in [0.29, 0.717) is 0 Å². The average molecular weight is 488 g/mol. The van der Waals surface area contributed by atoms with Crippen LogP contribution < -0.4 is 0 Å². The Kier molecular flexibility index (Phi) is 8.44. The molecular weight excluding hydrogens is 466 g/mol. The van der Waals surface area contributed by atoms with E-state index in [4.69, 9.17) is 24.3 Å². The third-order valence-corrected chi connectivity index (χ3v) is 5.17. The van der Waals surface area contributed by atoms with Crippen molar-refractivity contribution in [1.82, 2.24) is 4.98 Å². The lowest BCUT2D eigenvalue weighted by molar-refractivity contribution is -0.256. The fourth-order valence-corrected chi connectivity index (χ4v) is 3.29. The van der Waals surface area contributed by atoms with Gasteiger partial charge in [0.15, 0.2) is 6.29 Å². The van der Waals surface area contributed by atoms with Gasteiger partial charge in [0.1, 0.15) is 30.1 Å². The van der Waals surface area contributed by atoms with Crippen LogP contribution >= 0.6 is 15.6 Å². The van der Waals surface area contributed by atoms with Crippen molar-refractivity contribution in [1.29, 1.82) is 0 Å². The molecule has 176 valence electrons. The second-order valence-electron chi connectivity index (χ2n) is 6.50. The molecule has 1 aromatic heterocycles. The van der Waals surface area contributed by atoms with Crippen LogP contribution in [0, 0.1) is 6.92 Å². The van der Waals surface area contributed by atoms with Crippen LogP contribution in [0.4, 0.5) is 0 Å². The van der Waals surface area contributed by atoms with Crippen LogP contribution in [0.2, 0.25) is 0 Å². The number of pyridine rings is 1. The summed E-state index contributed by atoms with van der Waals surface area (Å²) in [5.41, 5.74) is 0.0416. The summed E-state index contributed by atoms with van der Waals surface area (Å²) in [4.78, 5) is 43.0. The molecule has 0 spiro atoms. The van der Waals surface area contributed by atoms with Crippen molar-refractivity contribution >= 4 is 21.9 Å². The van der Waals surface area contributed by atoms with E-state index in [9.17, 15) is 29.6 Å². The minimum atomic E-state index is -4.91. The largest absolute Gasteiger partial charge is 0.505 e. The number of aryl methyl sites for hydroxylation is 1. The molecule has 5 atom stereocenters. The first-order valence-electron chi connectivity index (χ1n) is 8.50. The Hall–Kier alpha value is -1.32. The van der Waals surface area contributed by atoms with Crippen LogP contribution in [0.25, 0.3) is 0 Å². The normalized spacial score (nSPS) is 27.7. The molecule has 17 heteroatoms. The van der Waals surface area contributed by atoms with Crippen LogP contribution in [0.1, 0.15) is 16.8 Å². The van der Waals surface area contributed by atoms with E-state index in [2.05, 4.69) is 19.0 Å². The zero-order valence-corrected chi connectivity index (χ0v) is 17.7. The molecule has 15 nitrogen and oxygen atoms in total. The van der Waals surface area contributed by atoms with Gasteiger partial charge in [-0.25, -0.2) is 9.13 Å². The Morgan fingerprint density at radius 3 is 2.32 bits per heavy atom. The number of phosphoric acid groups is 2. The molecule has 1 fully saturated rings. The third kappa shape index (κ3) is 7.36. The predicted molar refractivity (Wildman–Crippen MR) is 99.7 cm³/mol. The smallest absolute Gasteiger partial charge is 0.469 e. The lowest BCUT2D eigenvalue weighted by atomic mass is 9.97. The Balaban J connectivity index is 2.30. The second-order valence-corrected chi connectivity index (χ2v) is 8.98. The summed E-state index contributed by atoms with van der Waals surface area (Å²) in [6.07, 6.45) is -4.70. The highest BCUT2D eigenvalue weighted by molar-refractivity contribution is 7.46. The van der Waals surface area contributed by atoms with E-state index in [-0.39, 0.29) is 16.8 Å². The van der Waals surface area contributed by atoms with Gasteiger partial charge in [-0.1, -0.05) is 0 Å². The highest BCUT2D eigenvalue weighted by Crippen LogP contribution is 2.38. The summed E-state index contributed by atoms with van der Waals surface area (Å²) < 4.78 is 35.3. The van der Waals surface area contributed by atoms with Gasteiger partial charge in [-0.3, -0.25) is 19.0 Å². The zero-order chi connectivity index (χ0) is 23.6. The molecule has 2 heterocycles. The number of hydrogen-bond acceptors (Lipinski definition) is 11. The molecule has 1 aliphatic heterocycles. The molecule has 0 bridgehead atoms. The minimum Gasteiger partial charge on any atom is -0.505 e. The number of aromatic nitrogens is 1. The molecule has 0 amide bonds. The number of ether oxygens (including phenoxy) is 1. The molecule has 1 aromatic rings. The zero-order valence-electron chi connectivity index (χ0n) is 15.9. The van der Waals surface area contributed by atoms with E-state index >= 15 is 0 Å². The van der Waals surface area contributed by atoms with E-state index in [1.54, 1.807) is 0 Å². The highest BCUT2D eigenvalue weighted by Gasteiger charge is 2.44. The van der Waals surface area contributed by atoms with E-state index in [1.165, 1.54) is 6.92 Å². The van der Waals surface area contributed by atoms with Crippen molar-refractivity contribution < 1.29 is 62.9 Å². The lowest BCUT2D eigenvalue weighted by Crippen LogP contribution is -2.57. The van der Waals surface area contributed by atoms with Crippen LogP contribution in [0.15, 0.2) is 11.2 Å². The fourth-order valence-electron chi connectivity index (χ4n) is 2.64. The van der Waals surface area contributed by atoms with Gasteiger partial charge in [-0.05, 0) is 6.92 Å². The number of aliphatic hydroxyl groups is 3. The maximum atomic E-state index is 10.9. The quantitative estimate of drug-likeness (QED) is 0.146. The van der Waals surface area contributed by atoms with E-state index < -0.39 is 65.3 Å². The molecule has 1 aliphatic rings. The Bertz CT molecular complexity index is 900. The average Bonchev–Trinajstić information content (AvgIpc) is 2.64. The Morgan fingerprint density at radius 1 is 1.13 bits per heavy atom. The third-order valence-electron chi connectivity index (χ3n) is 4.22. The van der Waals surface area contributed by atoms with E-state index in [1.807, 2.05) is 0 Å². The van der Waals surface area contributed by atoms with Gasteiger partial charge in [-0.2, -0.15) is 0 Å². The van der Waals surface area contributed by atoms with E-state index in [0.717, 1.165) is 12.4 Å². The van der Waals surface area contributed by atoms with Crippen molar-refractivity contribution in [2.45, 2.75) is 44.2 Å². The molecule has 5 unspecified atom stereocenters. The number of phosphoric ester groups is 2. The molecular formula is C14H22N2O13P2. The second kappa shape index (κ2) is 10.1. The summed E-state index contributed by atoms with van der Waals surface area (Å²) in [6.45, 7) is -0.0629.